The second-order valence-corrected chi connectivity index (χ2v) is 10.1. The Kier molecular flexibility index (Phi) is 15.4. The van der Waals surface area contributed by atoms with Gasteiger partial charge in [0.05, 0.1) is 18.8 Å². The molecule has 1 fully saturated rings. The van der Waals surface area contributed by atoms with Gasteiger partial charge in [-0.1, -0.05) is 71.1 Å². The van der Waals surface area contributed by atoms with Gasteiger partial charge in [0, 0.05) is 6.42 Å². The van der Waals surface area contributed by atoms with Crippen molar-refractivity contribution in [1.29, 1.82) is 0 Å². The first-order valence-corrected chi connectivity index (χ1v) is 13.6. The predicted molar refractivity (Wildman–Crippen MR) is 121 cm³/mol. The zero-order chi connectivity index (χ0) is 24.9. The number of hydrogen-bond acceptors (Lipinski definition) is 9. The van der Waals surface area contributed by atoms with E-state index in [1.807, 2.05) is 0 Å². The lowest BCUT2D eigenvalue weighted by molar-refractivity contribution is -0.252. The molecule has 0 saturated carbocycles. The summed E-state index contributed by atoms with van der Waals surface area (Å²) in [6.45, 7) is 1.48. The number of aliphatic hydroxyl groups excluding tert-OH is 5. The van der Waals surface area contributed by atoms with Crippen molar-refractivity contribution in [2.75, 3.05) is 6.61 Å². The Labute approximate surface area is 196 Å². The maximum absolute atomic E-state index is 11.2. The molecule has 0 bridgehead atoms. The number of hydrogen-bond donors (Lipinski definition) is 8. The number of unbranched alkanes of at least 4 members (excludes halogenated alkanes) is 9. The molecule has 11 nitrogen and oxygen atoms in total. The summed E-state index contributed by atoms with van der Waals surface area (Å²) in [6, 6.07) is -1.41. The van der Waals surface area contributed by atoms with Crippen molar-refractivity contribution >= 4 is 7.82 Å². The quantitative estimate of drug-likeness (QED) is 0.0756. The maximum atomic E-state index is 11.2. The number of phosphoric ester groups is 1. The summed E-state index contributed by atoms with van der Waals surface area (Å²) in [4.78, 5) is 18.1. The van der Waals surface area contributed by atoms with Gasteiger partial charge in [-0.2, -0.15) is 0 Å². The molecule has 12 heteroatoms. The predicted octanol–water partition coefficient (Wildman–Crippen LogP) is 0.873. The van der Waals surface area contributed by atoms with E-state index in [1.165, 1.54) is 44.9 Å². The fourth-order valence-corrected chi connectivity index (χ4v) is 4.47. The van der Waals surface area contributed by atoms with E-state index in [9.17, 15) is 30.1 Å². The molecule has 1 aliphatic heterocycles. The average Bonchev–Trinajstić information content (AvgIpc) is 2.73. The molecule has 1 rings (SSSR count). The van der Waals surface area contributed by atoms with Crippen molar-refractivity contribution in [3.8, 4) is 0 Å². The Balaban J connectivity index is 2.36. The molecule has 8 N–H and O–H groups in total. The van der Waals surface area contributed by atoms with Crippen LogP contribution >= 0.6 is 7.82 Å². The Bertz CT molecular complexity index is 551. The molecule has 0 unspecified atom stereocenters. The fourth-order valence-electron chi connectivity index (χ4n) is 4.02. The van der Waals surface area contributed by atoms with Gasteiger partial charge in [0.1, 0.15) is 24.5 Å². The molecule has 1 heterocycles. The van der Waals surface area contributed by atoms with Crippen LogP contribution in [0.15, 0.2) is 0 Å². The molecular weight excluding hydrogens is 457 g/mol. The Morgan fingerprint density at radius 3 is 2.00 bits per heavy atom. The number of nitrogens with one attached hydrogen (secondary N) is 1. The molecule has 1 saturated heterocycles. The summed E-state index contributed by atoms with van der Waals surface area (Å²) < 4.78 is 20.9. The van der Waals surface area contributed by atoms with Crippen LogP contribution in [-0.2, 0) is 13.8 Å². The minimum Gasteiger partial charge on any atom is -0.394 e. The van der Waals surface area contributed by atoms with Crippen molar-refractivity contribution in [3.05, 3.63) is 0 Å². The Hall–Kier alpha value is -0.170. The second-order valence-electron chi connectivity index (χ2n) is 8.87. The summed E-state index contributed by atoms with van der Waals surface area (Å²) >= 11 is 0. The molecule has 33 heavy (non-hydrogen) atoms. The van der Waals surface area contributed by atoms with E-state index in [2.05, 4.69) is 16.8 Å². The summed E-state index contributed by atoms with van der Waals surface area (Å²) in [5.74, 6) is 0. The van der Waals surface area contributed by atoms with Crippen molar-refractivity contribution in [2.45, 2.75) is 127 Å². The number of aliphatic hydroxyl groups is 5. The van der Waals surface area contributed by atoms with Crippen LogP contribution in [0.3, 0.4) is 0 Å². The molecule has 0 amide bonds. The molecule has 0 spiro atoms. The lowest BCUT2D eigenvalue weighted by atomic mass is 9.96. The van der Waals surface area contributed by atoms with E-state index in [-0.39, 0.29) is 6.42 Å². The van der Waals surface area contributed by atoms with Crippen molar-refractivity contribution in [1.82, 2.24) is 5.32 Å². The first-order chi connectivity index (χ1) is 15.6. The largest absolute Gasteiger partial charge is 0.471 e. The second kappa shape index (κ2) is 16.5. The van der Waals surface area contributed by atoms with E-state index >= 15 is 0 Å². The van der Waals surface area contributed by atoms with E-state index in [1.54, 1.807) is 0 Å². The van der Waals surface area contributed by atoms with E-state index in [0.717, 1.165) is 19.3 Å². The van der Waals surface area contributed by atoms with Crippen LogP contribution in [0.2, 0.25) is 0 Å². The monoisotopic (exact) mass is 501 g/mol. The zero-order valence-corrected chi connectivity index (χ0v) is 20.4. The van der Waals surface area contributed by atoms with Gasteiger partial charge in [-0.15, -0.1) is 0 Å². The van der Waals surface area contributed by atoms with Crippen molar-refractivity contribution < 1.29 is 49.1 Å². The summed E-state index contributed by atoms with van der Waals surface area (Å²) in [5.41, 5.74) is 0. The number of phosphoric acid groups is 1. The standard InChI is InChI=1S/C21H44NO10P/c1-2-3-4-5-6-7-8-9-10-11-12-15(24)13-17(25)22-18-20(27)19(26)16(14-23)31-21(18)32-33(28,29)30/h15-27H,2-14H2,1H3,(H2,28,29,30)/t15-,16-,17+,18-,19-,20-,21-/m1/s1. The smallest absolute Gasteiger partial charge is 0.394 e. The highest BCUT2D eigenvalue weighted by molar-refractivity contribution is 7.46. The summed E-state index contributed by atoms with van der Waals surface area (Å²) in [6.07, 6.45) is 3.59. The molecule has 0 aromatic heterocycles. The minimum absolute atomic E-state index is 0.0944. The first-order valence-electron chi connectivity index (χ1n) is 12.1. The SMILES string of the molecule is CCCCCCCCCCCC[C@@H](O)C[C@H](O)N[C@H]1[C@@H](OP(=O)(O)O)O[C@H](CO)[C@@H](O)[C@@H]1O. The van der Waals surface area contributed by atoms with Gasteiger partial charge in [-0.25, -0.2) is 4.57 Å². The molecule has 198 valence electrons. The zero-order valence-electron chi connectivity index (χ0n) is 19.5. The van der Waals surface area contributed by atoms with E-state index in [0.29, 0.717) is 6.42 Å². The van der Waals surface area contributed by atoms with Gasteiger partial charge in [0.25, 0.3) is 0 Å². The van der Waals surface area contributed by atoms with Crippen LogP contribution < -0.4 is 5.32 Å². The topological polar surface area (TPSA) is 189 Å². The summed E-state index contributed by atoms with van der Waals surface area (Å²) in [5, 5.41) is 52.5. The minimum atomic E-state index is -5.03. The maximum Gasteiger partial charge on any atom is 0.471 e. The van der Waals surface area contributed by atoms with Gasteiger partial charge in [-0.05, 0) is 6.42 Å². The third-order valence-corrected chi connectivity index (χ3v) is 6.38. The van der Waals surface area contributed by atoms with Gasteiger partial charge in [-0.3, -0.25) is 9.84 Å². The van der Waals surface area contributed by atoms with Crippen LogP contribution in [0.5, 0.6) is 0 Å². The molecular formula is C21H44NO10P. The first kappa shape index (κ1) is 30.9. The van der Waals surface area contributed by atoms with Crippen molar-refractivity contribution in [3.63, 3.8) is 0 Å². The van der Waals surface area contributed by atoms with Crippen LogP contribution in [0, 0.1) is 0 Å². The normalized spacial score (nSPS) is 28.1. The van der Waals surface area contributed by atoms with E-state index < -0.39 is 57.4 Å². The molecule has 0 aromatic rings. The highest BCUT2D eigenvalue weighted by atomic mass is 31.2. The van der Waals surface area contributed by atoms with Gasteiger partial charge < -0.3 is 40.1 Å². The average molecular weight is 502 g/mol. The molecule has 0 radical (unpaired) electrons. The van der Waals surface area contributed by atoms with Crippen LogP contribution in [0.25, 0.3) is 0 Å². The van der Waals surface area contributed by atoms with Crippen LogP contribution in [0.1, 0.15) is 84.0 Å². The Morgan fingerprint density at radius 1 is 0.939 bits per heavy atom. The third kappa shape index (κ3) is 12.9. The Morgan fingerprint density at radius 2 is 1.48 bits per heavy atom. The lowest BCUT2D eigenvalue weighted by Gasteiger charge is -2.43. The van der Waals surface area contributed by atoms with Crippen molar-refractivity contribution in [2.24, 2.45) is 0 Å². The molecule has 7 atom stereocenters. The lowest BCUT2D eigenvalue weighted by Crippen LogP contribution is -2.65. The molecule has 1 aliphatic rings. The van der Waals surface area contributed by atoms with E-state index in [4.69, 9.17) is 14.5 Å². The van der Waals surface area contributed by atoms with Gasteiger partial charge in [0.15, 0.2) is 6.29 Å². The molecule has 0 aromatic carbocycles. The van der Waals surface area contributed by atoms with Crippen LogP contribution in [-0.4, -0.2) is 84.9 Å². The molecule has 0 aliphatic carbocycles. The highest BCUT2D eigenvalue weighted by Crippen LogP contribution is 2.40. The fraction of sp³-hybridized carbons (Fsp3) is 1.00. The third-order valence-electron chi connectivity index (χ3n) is 5.89. The number of ether oxygens (including phenoxy) is 1. The highest BCUT2D eigenvalue weighted by Gasteiger charge is 2.47. The number of rotatable bonds is 18. The van der Waals surface area contributed by atoms with Crippen LogP contribution in [0.4, 0.5) is 0 Å². The van der Waals surface area contributed by atoms with Gasteiger partial charge in [0.2, 0.25) is 0 Å². The van der Waals surface area contributed by atoms with Gasteiger partial charge >= 0.3 is 7.82 Å². The summed E-state index contributed by atoms with van der Waals surface area (Å²) in [7, 11) is -5.03.